The largest absolute Gasteiger partial charge is 0.381 e. The fourth-order valence-electron chi connectivity index (χ4n) is 3.59. The third kappa shape index (κ3) is 3.90. The molecule has 23 heavy (non-hydrogen) atoms. The average Bonchev–Trinajstić information content (AvgIpc) is 2.62. The van der Waals surface area contributed by atoms with E-state index in [1.54, 1.807) is 0 Å². The molecule has 0 spiro atoms. The number of nitrogens with one attached hydrogen (secondary N) is 2. The van der Waals surface area contributed by atoms with Gasteiger partial charge in [0.2, 0.25) is 5.91 Å². The number of hydrogen-bond donors (Lipinski definition) is 2. The molecule has 1 aromatic rings. The molecule has 2 N–H and O–H groups in total. The highest BCUT2D eigenvalue weighted by atomic mass is 19.1. The zero-order valence-corrected chi connectivity index (χ0v) is 13.4. The highest BCUT2D eigenvalue weighted by Crippen LogP contribution is 2.34. The lowest BCUT2D eigenvalue weighted by Gasteiger charge is -2.38. The van der Waals surface area contributed by atoms with Crippen molar-refractivity contribution in [2.75, 3.05) is 26.3 Å². The Morgan fingerprint density at radius 2 is 2.00 bits per heavy atom. The molecular weight excluding hydrogens is 295 g/mol. The van der Waals surface area contributed by atoms with Crippen LogP contribution in [0.5, 0.6) is 0 Å². The Labute approximate surface area is 136 Å². The zero-order valence-electron chi connectivity index (χ0n) is 13.4. The number of piperidine rings is 1. The Hall–Kier alpha value is -1.46. The molecule has 4 nitrogen and oxygen atoms in total. The summed E-state index contributed by atoms with van der Waals surface area (Å²) < 4.78 is 18.7. The van der Waals surface area contributed by atoms with Crippen molar-refractivity contribution in [3.05, 3.63) is 35.6 Å². The summed E-state index contributed by atoms with van der Waals surface area (Å²) in [6, 6.07) is 6.60. The van der Waals surface area contributed by atoms with Crippen LogP contribution in [-0.2, 0) is 14.9 Å². The summed E-state index contributed by atoms with van der Waals surface area (Å²) >= 11 is 0. The fraction of sp³-hybridized carbons (Fsp3) is 0.611. The maximum absolute atomic E-state index is 13.2. The van der Waals surface area contributed by atoms with E-state index in [-0.39, 0.29) is 23.2 Å². The van der Waals surface area contributed by atoms with Gasteiger partial charge in [-0.2, -0.15) is 0 Å². The summed E-state index contributed by atoms with van der Waals surface area (Å²) in [4.78, 5) is 12.4. The molecule has 2 saturated heterocycles. The van der Waals surface area contributed by atoms with E-state index in [2.05, 4.69) is 10.6 Å². The van der Waals surface area contributed by atoms with Crippen LogP contribution in [0.4, 0.5) is 4.39 Å². The van der Waals surface area contributed by atoms with E-state index >= 15 is 0 Å². The molecule has 2 aliphatic heterocycles. The second-order valence-corrected chi connectivity index (χ2v) is 6.62. The first-order valence-corrected chi connectivity index (χ1v) is 8.55. The Kier molecular flexibility index (Phi) is 5.28. The first kappa shape index (κ1) is 16.4. The van der Waals surface area contributed by atoms with E-state index in [0.717, 1.165) is 44.2 Å². The summed E-state index contributed by atoms with van der Waals surface area (Å²) in [6.45, 7) is 2.85. The molecular formula is C18H25FN2O2. The Bertz CT molecular complexity index is 520. The number of halogens is 1. The molecule has 0 aliphatic carbocycles. The summed E-state index contributed by atoms with van der Waals surface area (Å²) in [7, 11) is 0. The van der Waals surface area contributed by atoms with E-state index in [1.807, 2.05) is 12.1 Å². The number of benzene rings is 1. The van der Waals surface area contributed by atoms with Crippen molar-refractivity contribution in [1.82, 2.24) is 10.6 Å². The van der Waals surface area contributed by atoms with Crippen molar-refractivity contribution >= 4 is 5.91 Å². The lowest BCUT2D eigenvalue weighted by molar-refractivity contribution is -0.124. The highest BCUT2D eigenvalue weighted by molar-refractivity contribution is 5.81. The molecule has 5 heteroatoms. The smallest absolute Gasteiger partial charge is 0.237 e. The van der Waals surface area contributed by atoms with Gasteiger partial charge in [0.15, 0.2) is 0 Å². The number of rotatable bonds is 4. The second kappa shape index (κ2) is 7.41. The van der Waals surface area contributed by atoms with E-state index in [1.165, 1.54) is 12.1 Å². The molecule has 1 atom stereocenters. The average molecular weight is 320 g/mol. The van der Waals surface area contributed by atoms with Crippen LogP contribution in [0.15, 0.2) is 24.3 Å². The van der Waals surface area contributed by atoms with E-state index in [0.29, 0.717) is 19.8 Å². The molecule has 0 saturated carbocycles. The van der Waals surface area contributed by atoms with Gasteiger partial charge in [0.25, 0.3) is 0 Å². The van der Waals surface area contributed by atoms with Crippen LogP contribution in [0.3, 0.4) is 0 Å². The van der Waals surface area contributed by atoms with E-state index < -0.39 is 0 Å². The SMILES string of the molecule is O=C(NCC1(c2ccc(F)cc2)CCOCC1)C1CCCCN1. The summed E-state index contributed by atoms with van der Waals surface area (Å²) in [5.41, 5.74) is 0.926. The van der Waals surface area contributed by atoms with Gasteiger partial charge < -0.3 is 15.4 Å². The molecule has 0 aromatic heterocycles. The maximum Gasteiger partial charge on any atom is 0.237 e. The monoisotopic (exact) mass is 320 g/mol. The predicted octanol–water partition coefficient (Wildman–Crippen LogP) is 2.13. The number of amides is 1. The van der Waals surface area contributed by atoms with Crippen molar-refractivity contribution in [3.8, 4) is 0 Å². The molecule has 0 radical (unpaired) electrons. The molecule has 0 bridgehead atoms. The molecule has 2 aliphatic rings. The molecule has 126 valence electrons. The number of ether oxygens (including phenoxy) is 1. The van der Waals surface area contributed by atoms with Crippen LogP contribution in [0.25, 0.3) is 0 Å². The minimum Gasteiger partial charge on any atom is -0.381 e. The van der Waals surface area contributed by atoms with E-state index in [4.69, 9.17) is 4.74 Å². The van der Waals surface area contributed by atoms with Gasteiger partial charge in [-0.05, 0) is 49.9 Å². The lowest BCUT2D eigenvalue weighted by Crippen LogP contribution is -2.51. The number of hydrogen-bond acceptors (Lipinski definition) is 3. The fourth-order valence-corrected chi connectivity index (χ4v) is 3.59. The number of carbonyl (C=O) groups excluding carboxylic acids is 1. The quantitative estimate of drug-likeness (QED) is 0.893. The highest BCUT2D eigenvalue weighted by Gasteiger charge is 2.35. The third-order valence-corrected chi connectivity index (χ3v) is 5.13. The minimum atomic E-state index is -0.230. The molecule has 2 heterocycles. The van der Waals surface area contributed by atoms with Gasteiger partial charge in [0.1, 0.15) is 5.82 Å². The topological polar surface area (TPSA) is 50.4 Å². The van der Waals surface area contributed by atoms with Gasteiger partial charge in [-0.25, -0.2) is 4.39 Å². The lowest BCUT2D eigenvalue weighted by atomic mass is 9.74. The number of carbonyl (C=O) groups is 1. The van der Waals surface area contributed by atoms with Crippen LogP contribution < -0.4 is 10.6 Å². The van der Waals surface area contributed by atoms with Gasteiger partial charge in [-0.1, -0.05) is 18.6 Å². The van der Waals surface area contributed by atoms with Gasteiger partial charge in [-0.15, -0.1) is 0 Å². The first-order valence-electron chi connectivity index (χ1n) is 8.55. The molecule has 1 unspecified atom stereocenters. The normalized spacial score (nSPS) is 24.1. The molecule has 2 fully saturated rings. The van der Waals surface area contributed by atoms with Crippen LogP contribution in [0, 0.1) is 5.82 Å². The van der Waals surface area contributed by atoms with E-state index in [9.17, 15) is 9.18 Å². The van der Waals surface area contributed by atoms with Crippen molar-refractivity contribution in [2.45, 2.75) is 43.6 Å². The van der Waals surface area contributed by atoms with Crippen LogP contribution in [-0.4, -0.2) is 38.3 Å². The van der Waals surface area contributed by atoms with Crippen molar-refractivity contribution in [3.63, 3.8) is 0 Å². The summed E-state index contributed by atoms with van der Waals surface area (Å²) in [6.07, 6.45) is 4.83. The summed E-state index contributed by atoms with van der Waals surface area (Å²) in [5, 5.41) is 6.41. The van der Waals surface area contributed by atoms with Crippen molar-refractivity contribution in [1.29, 1.82) is 0 Å². The second-order valence-electron chi connectivity index (χ2n) is 6.62. The van der Waals surface area contributed by atoms with Crippen molar-refractivity contribution < 1.29 is 13.9 Å². The predicted molar refractivity (Wildman–Crippen MR) is 86.8 cm³/mol. The maximum atomic E-state index is 13.2. The van der Waals surface area contributed by atoms with Gasteiger partial charge in [-0.3, -0.25) is 4.79 Å². The standard InChI is InChI=1S/C18H25FN2O2/c19-15-6-4-14(5-7-15)18(8-11-23-12-9-18)13-21-17(22)16-3-1-2-10-20-16/h4-7,16,20H,1-3,8-13H2,(H,21,22). The molecule has 1 amide bonds. The van der Waals surface area contributed by atoms with Crippen molar-refractivity contribution in [2.24, 2.45) is 0 Å². The Balaban J connectivity index is 1.69. The molecule has 1 aromatic carbocycles. The van der Waals surface area contributed by atoms with Gasteiger partial charge in [0, 0.05) is 25.2 Å². The van der Waals surface area contributed by atoms with Gasteiger partial charge >= 0.3 is 0 Å². The van der Waals surface area contributed by atoms with Crippen LogP contribution >= 0.6 is 0 Å². The zero-order chi connectivity index (χ0) is 16.1. The van der Waals surface area contributed by atoms with Crippen LogP contribution in [0.2, 0.25) is 0 Å². The van der Waals surface area contributed by atoms with Gasteiger partial charge in [0.05, 0.1) is 6.04 Å². The Morgan fingerprint density at radius 3 is 2.65 bits per heavy atom. The molecule has 3 rings (SSSR count). The third-order valence-electron chi connectivity index (χ3n) is 5.13. The Morgan fingerprint density at radius 1 is 1.26 bits per heavy atom. The summed E-state index contributed by atoms with van der Waals surface area (Å²) in [5.74, 6) is -0.149. The first-order chi connectivity index (χ1) is 11.2. The van der Waals surface area contributed by atoms with Crippen LogP contribution in [0.1, 0.15) is 37.7 Å². The minimum absolute atomic E-state index is 0.0751.